The van der Waals surface area contributed by atoms with E-state index in [0.29, 0.717) is 56.9 Å². The molecule has 0 radical (unpaired) electrons. The van der Waals surface area contributed by atoms with Crippen molar-refractivity contribution in [2.24, 2.45) is 35.5 Å². The van der Waals surface area contributed by atoms with Crippen LogP contribution in [0.5, 0.6) is 0 Å². The minimum absolute atomic E-state index is 0.0170. The van der Waals surface area contributed by atoms with Gasteiger partial charge in [0.1, 0.15) is 36.5 Å². The largest absolute Gasteiger partial charge is 0.460 e. The summed E-state index contributed by atoms with van der Waals surface area (Å²) in [7, 11) is 4.62. The van der Waals surface area contributed by atoms with Crippen LogP contribution in [0, 0.1) is 35.5 Å². The number of allylic oxidation sites excluding steroid dienone is 6. The van der Waals surface area contributed by atoms with Crippen LogP contribution in [-0.2, 0) is 47.7 Å². The smallest absolute Gasteiger partial charge is 0.329 e. The van der Waals surface area contributed by atoms with E-state index in [9.17, 15) is 34.2 Å². The van der Waals surface area contributed by atoms with Gasteiger partial charge < -0.3 is 38.8 Å². The van der Waals surface area contributed by atoms with E-state index in [0.717, 1.165) is 18.4 Å². The Morgan fingerprint density at radius 3 is 2.32 bits per heavy atom. The van der Waals surface area contributed by atoms with Gasteiger partial charge in [-0.1, -0.05) is 71.1 Å². The number of esters is 1. The molecule has 1 amide bonds. The highest BCUT2D eigenvalue weighted by Gasteiger charge is 2.53. The molecule has 0 unspecified atom stereocenters. The number of hydrogen-bond donors (Lipinski definition) is 2. The molecule has 2 N–H and O–H groups in total. The summed E-state index contributed by atoms with van der Waals surface area (Å²) in [6.07, 6.45) is 13.9. The number of carbonyl (C=O) groups is 5. The van der Waals surface area contributed by atoms with Crippen molar-refractivity contribution in [3.05, 3.63) is 53.9 Å². The van der Waals surface area contributed by atoms with Crippen molar-refractivity contribution in [3.8, 4) is 0 Å². The molecule has 1 aliphatic carbocycles. The number of ether oxygens (including phenoxy) is 5. The Balaban J connectivity index is 1.46. The van der Waals surface area contributed by atoms with Crippen LogP contribution in [0.15, 0.2) is 53.9 Å². The zero-order valence-electron chi connectivity index (χ0n) is 42.5. The fourth-order valence-electron chi connectivity index (χ4n) is 10.7. The third-order valence-electron chi connectivity index (χ3n) is 15.2. The van der Waals surface area contributed by atoms with Gasteiger partial charge >= 0.3 is 5.97 Å². The van der Waals surface area contributed by atoms with Crippen LogP contribution in [-0.4, -0.2) is 141 Å². The summed E-state index contributed by atoms with van der Waals surface area (Å²) in [5.74, 6) is -7.92. The zero-order chi connectivity index (χ0) is 50.6. The quantitative estimate of drug-likeness (QED) is 0.181. The summed E-state index contributed by atoms with van der Waals surface area (Å²) >= 11 is 0. The van der Waals surface area contributed by atoms with Crippen molar-refractivity contribution in [1.29, 1.82) is 0 Å². The lowest BCUT2D eigenvalue weighted by molar-refractivity contribution is -0.265. The molecule has 3 fully saturated rings. The number of tetrazole rings is 1. The molecule has 5 rings (SSSR count). The minimum atomic E-state index is -2.43. The van der Waals surface area contributed by atoms with Crippen molar-refractivity contribution in [2.45, 2.75) is 180 Å². The van der Waals surface area contributed by atoms with Gasteiger partial charge in [0.25, 0.3) is 11.7 Å². The predicted molar refractivity (Wildman–Crippen MR) is 256 cm³/mol. The third kappa shape index (κ3) is 14.2. The Bertz CT molecular complexity index is 2020. The van der Waals surface area contributed by atoms with Crippen LogP contribution in [0.25, 0.3) is 0 Å². The molecule has 1 aromatic rings. The number of carbonyl (C=O) groups excluding carboxylic acids is 5. The molecule has 1 aromatic heterocycles. The van der Waals surface area contributed by atoms with E-state index in [1.54, 1.807) is 52.1 Å². The topological polar surface area (TPSA) is 219 Å². The third-order valence-corrected chi connectivity index (χ3v) is 15.2. The van der Waals surface area contributed by atoms with E-state index >= 15 is 0 Å². The van der Waals surface area contributed by atoms with Gasteiger partial charge in [-0.25, -0.2) is 9.48 Å². The molecule has 2 bridgehead atoms. The van der Waals surface area contributed by atoms with Gasteiger partial charge in [-0.2, -0.15) is 0 Å². The Kier molecular flexibility index (Phi) is 20.8. The van der Waals surface area contributed by atoms with E-state index < -0.39 is 77.8 Å². The first-order valence-electron chi connectivity index (χ1n) is 25.0. The summed E-state index contributed by atoms with van der Waals surface area (Å²) in [5.41, 5.74) is 1.27. The number of Topliss-reactive ketones (excluding diaryl/α,β-unsaturated/α-hetero) is 3. The molecule has 1 saturated carbocycles. The van der Waals surface area contributed by atoms with E-state index in [1.807, 2.05) is 58.1 Å². The molecule has 69 heavy (non-hydrogen) atoms. The lowest BCUT2D eigenvalue weighted by Gasteiger charge is -2.42. The van der Waals surface area contributed by atoms with Crippen LogP contribution in [0.4, 0.5) is 0 Å². The number of aliphatic hydroxyl groups is 2. The molecule has 15 atom stereocenters. The number of methoxy groups -OCH3 is 3. The highest BCUT2D eigenvalue weighted by Crippen LogP contribution is 2.39. The van der Waals surface area contributed by atoms with E-state index in [1.165, 1.54) is 12.0 Å². The number of amides is 1. The average Bonchev–Trinajstić information content (AvgIpc) is 3.88. The van der Waals surface area contributed by atoms with Gasteiger partial charge in [0.15, 0.2) is 5.78 Å². The van der Waals surface area contributed by atoms with Crippen LogP contribution in [0.1, 0.15) is 132 Å². The number of fused-ring (bicyclic) bond motifs is 3. The molecule has 17 heteroatoms. The number of piperidine rings is 1. The second-order valence-electron chi connectivity index (χ2n) is 20.4. The van der Waals surface area contributed by atoms with E-state index in [-0.39, 0.29) is 60.9 Å². The molecule has 0 aromatic carbocycles. The monoisotopic (exact) mass is 966 g/mol. The first-order valence-corrected chi connectivity index (χ1v) is 25.0. The van der Waals surface area contributed by atoms with Crippen molar-refractivity contribution in [1.82, 2.24) is 25.1 Å². The van der Waals surface area contributed by atoms with Gasteiger partial charge in [-0.3, -0.25) is 19.2 Å². The van der Waals surface area contributed by atoms with Gasteiger partial charge in [0.05, 0.1) is 24.4 Å². The maximum absolute atomic E-state index is 14.5. The molecule has 2 saturated heterocycles. The molecule has 4 heterocycles. The number of nitrogens with zero attached hydrogens (tertiary/aromatic N) is 5. The fraction of sp³-hybridized carbons (Fsp3) is 0.731. The van der Waals surface area contributed by atoms with Gasteiger partial charge in [-0.15, -0.1) is 5.10 Å². The van der Waals surface area contributed by atoms with Gasteiger partial charge in [0, 0.05) is 58.5 Å². The molecule has 384 valence electrons. The predicted octanol–water partition coefficient (Wildman–Crippen LogP) is 6.05. The summed E-state index contributed by atoms with van der Waals surface area (Å²) in [5, 5.41) is 35.2. The van der Waals surface area contributed by atoms with Crippen LogP contribution < -0.4 is 0 Å². The Morgan fingerprint density at radius 1 is 0.884 bits per heavy atom. The normalized spacial score (nSPS) is 37.5. The SMILES string of the molecule is CO[C@H]1C[C@@H]2CC[C@@H](C)[C@@](O)(O2)C(=O)C(=O)N2CCCC[C@H]2C(=O)O[C@H]([C@H](C)C[C@@H]2CC[C@H](n3cnnn3)[C@H](OC)C2)CC(=O)[C@H](C)/C=C(/C)[C@@H](O)[C@@H](OC)C(=O)[C@H](C)C[C@H](C)/C=C\C=CC=C1C. The van der Waals surface area contributed by atoms with Crippen molar-refractivity contribution in [3.63, 3.8) is 0 Å². The molecule has 4 aliphatic rings. The van der Waals surface area contributed by atoms with Crippen molar-refractivity contribution < 1.29 is 57.9 Å². The maximum atomic E-state index is 14.5. The van der Waals surface area contributed by atoms with Crippen LogP contribution >= 0.6 is 0 Å². The molecular weight excluding hydrogens is 887 g/mol. The number of cyclic esters (lactones) is 1. The summed E-state index contributed by atoms with van der Waals surface area (Å²) in [4.78, 5) is 72.3. The first-order chi connectivity index (χ1) is 32.8. The summed E-state index contributed by atoms with van der Waals surface area (Å²) < 4.78 is 31.6. The number of aliphatic hydroxyl groups excluding tert-OH is 1. The molecule has 3 aliphatic heterocycles. The highest BCUT2D eigenvalue weighted by molar-refractivity contribution is 6.39. The maximum Gasteiger partial charge on any atom is 0.329 e. The summed E-state index contributed by atoms with van der Waals surface area (Å²) in [6.45, 7) is 12.8. The Labute approximate surface area is 408 Å². The number of ketones is 3. The standard InChI is InChI=1S/C52H79N5O12/c1-31-16-12-11-13-17-32(2)43(65-8)28-39-21-19-37(7)52(64,69-39)49(61)50(62)56-23-15-14-18-41(56)51(63)68-44(34(4)26-38-20-22-40(45(27-38)66-9)57-30-53-54-55-57)29-42(58)33(3)25-36(6)47(60)48(67-10)46(59)35(5)24-31/h11-13,16-17,25,30-31,33-35,37-41,43-45,47-48,60,64H,14-15,18-24,26-29H2,1-10H3/b13-11?,16-12-,32-17?,36-25-/t31-,33-,34-,35-,37-,38+,39+,40+,41+,43+,44+,45-,47-,48+,52-/m1/s1. The Hall–Kier alpha value is -4.26. The minimum Gasteiger partial charge on any atom is -0.460 e. The van der Waals surface area contributed by atoms with Crippen LogP contribution in [0.2, 0.25) is 0 Å². The highest BCUT2D eigenvalue weighted by atomic mass is 16.6. The number of rotatable bonds is 7. The molecule has 0 spiro atoms. The number of hydrogen-bond acceptors (Lipinski definition) is 15. The Morgan fingerprint density at radius 2 is 1.64 bits per heavy atom. The zero-order valence-corrected chi connectivity index (χ0v) is 42.5. The number of aromatic nitrogens is 4. The summed E-state index contributed by atoms with van der Waals surface area (Å²) in [6, 6.07) is -1.19. The molecule has 17 nitrogen and oxygen atoms in total. The molecular formula is C52H79N5O12. The fourth-order valence-corrected chi connectivity index (χ4v) is 10.7. The average molecular weight is 966 g/mol. The lowest BCUT2D eigenvalue weighted by Crippen LogP contribution is -2.61. The van der Waals surface area contributed by atoms with Gasteiger partial charge in [0.2, 0.25) is 5.79 Å². The lowest BCUT2D eigenvalue weighted by atomic mass is 9.77. The first kappa shape index (κ1) is 55.7. The van der Waals surface area contributed by atoms with E-state index in [2.05, 4.69) is 15.5 Å². The van der Waals surface area contributed by atoms with Crippen LogP contribution in [0.3, 0.4) is 0 Å². The van der Waals surface area contributed by atoms with E-state index in [4.69, 9.17) is 23.7 Å². The second kappa shape index (κ2) is 25.7. The second-order valence-corrected chi connectivity index (χ2v) is 20.4. The van der Waals surface area contributed by atoms with Crippen molar-refractivity contribution in [2.75, 3.05) is 27.9 Å². The van der Waals surface area contributed by atoms with Crippen molar-refractivity contribution >= 4 is 29.2 Å². The van der Waals surface area contributed by atoms with Gasteiger partial charge in [-0.05, 0) is 117 Å².